The quantitative estimate of drug-likeness (QED) is 0.501. The third-order valence-electron chi connectivity index (χ3n) is 2.96. The Hall–Kier alpha value is -1.16. The summed E-state index contributed by atoms with van der Waals surface area (Å²) >= 11 is 0. The molecule has 0 spiro atoms. The molecule has 0 amide bonds. The highest BCUT2D eigenvalue weighted by Gasteiger charge is 2.35. The first-order valence-corrected chi connectivity index (χ1v) is 5.10. The predicted molar refractivity (Wildman–Crippen MR) is 52.2 cm³/mol. The number of fused-ring (bicyclic) bond motifs is 1. The van der Waals surface area contributed by atoms with Crippen LogP contribution in [0.4, 0.5) is 0 Å². The first-order chi connectivity index (χ1) is 7.20. The number of carbonyl (C=O) groups excluding carboxylic acids is 2. The number of hydrogen-bond acceptors (Lipinski definition) is 4. The molecule has 1 fully saturated rings. The van der Waals surface area contributed by atoms with E-state index in [2.05, 4.69) is 4.74 Å². The lowest BCUT2D eigenvalue weighted by molar-refractivity contribution is -0.141. The summed E-state index contributed by atoms with van der Waals surface area (Å²) < 4.78 is 10.1. The number of Topliss-reactive ketones (excluding diaryl/α,β-unsaturated/α-hetero) is 1. The third-order valence-corrected chi connectivity index (χ3v) is 2.96. The molecule has 1 heterocycles. The molecule has 0 N–H and O–H groups in total. The van der Waals surface area contributed by atoms with E-state index < -0.39 is 0 Å². The molecule has 0 saturated carbocycles. The van der Waals surface area contributed by atoms with Gasteiger partial charge in [-0.3, -0.25) is 9.59 Å². The van der Waals surface area contributed by atoms with Gasteiger partial charge in [0.2, 0.25) is 0 Å². The summed E-state index contributed by atoms with van der Waals surface area (Å²) in [6.07, 6.45) is 3.13. The molecule has 0 bridgehead atoms. The van der Waals surface area contributed by atoms with Crippen molar-refractivity contribution in [3.05, 3.63) is 11.6 Å². The van der Waals surface area contributed by atoms with Gasteiger partial charge in [-0.2, -0.15) is 0 Å². The Morgan fingerprint density at radius 1 is 1.67 bits per heavy atom. The van der Waals surface area contributed by atoms with Crippen molar-refractivity contribution in [2.45, 2.75) is 25.4 Å². The molecule has 82 valence electrons. The highest BCUT2D eigenvalue weighted by Crippen LogP contribution is 2.34. The van der Waals surface area contributed by atoms with Crippen molar-refractivity contribution in [3.63, 3.8) is 0 Å². The average molecular weight is 210 g/mol. The average Bonchev–Trinajstić information content (AvgIpc) is 2.60. The lowest BCUT2D eigenvalue weighted by Crippen LogP contribution is -2.20. The van der Waals surface area contributed by atoms with Gasteiger partial charge in [0, 0.05) is 18.8 Å². The second kappa shape index (κ2) is 4.14. The molecule has 1 aliphatic heterocycles. The van der Waals surface area contributed by atoms with Crippen LogP contribution >= 0.6 is 0 Å². The van der Waals surface area contributed by atoms with Gasteiger partial charge in [0.25, 0.3) is 0 Å². The summed E-state index contributed by atoms with van der Waals surface area (Å²) in [5.74, 6) is 0.0973. The Bertz CT molecular complexity index is 319. The van der Waals surface area contributed by atoms with Crippen LogP contribution in [0.25, 0.3) is 0 Å². The van der Waals surface area contributed by atoms with Crippen molar-refractivity contribution in [2.24, 2.45) is 5.92 Å². The Labute approximate surface area is 88.2 Å². The number of methoxy groups -OCH3 is 1. The third kappa shape index (κ3) is 2.09. The maximum absolute atomic E-state index is 11.2. The molecule has 4 heteroatoms. The number of carbonyl (C=O) groups is 2. The number of hydrogen-bond donors (Lipinski definition) is 0. The van der Waals surface area contributed by atoms with E-state index >= 15 is 0 Å². The minimum atomic E-state index is -0.220. The zero-order chi connectivity index (χ0) is 10.8. The normalized spacial score (nSPS) is 29.7. The number of allylic oxidation sites excluding steroid dienone is 1. The van der Waals surface area contributed by atoms with E-state index in [-0.39, 0.29) is 23.8 Å². The lowest BCUT2D eigenvalue weighted by Gasteiger charge is -2.17. The van der Waals surface area contributed by atoms with Crippen molar-refractivity contribution in [3.8, 4) is 0 Å². The molecule has 2 aliphatic rings. The van der Waals surface area contributed by atoms with Crippen LogP contribution in [0.1, 0.15) is 19.3 Å². The topological polar surface area (TPSA) is 52.6 Å². The summed E-state index contributed by atoms with van der Waals surface area (Å²) in [6.45, 7) is 0.527. The standard InChI is InChI=1S/C11H14O4/c1-14-11(13)4-7-6-15-10-5-8(12)2-3-9(7)10/h3,7,10H,2,4-6H2,1H3. The Morgan fingerprint density at radius 2 is 2.47 bits per heavy atom. The molecule has 0 aromatic heterocycles. The van der Waals surface area contributed by atoms with E-state index in [0.29, 0.717) is 25.9 Å². The lowest BCUT2D eigenvalue weighted by atomic mass is 9.87. The summed E-state index contributed by atoms with van der Waals surface area (Å²) in [5.41, 5.74) is 1.11. The van der Waals surface area contributed by atoms with Crippen LogP contribution in [0.15, 0.2) is 11.6 Å². The molecule has 2 unspecified atom stereocenters. The molecule has 1 aliphatic carbocycles. The van der Waals surface area contributed by atoms with E-state index in [1.807, 2.05) is 6.08 Å². The molecule has 0 aromatic rings. The molecule has 0 radical (unpaired) electrons. The Morgan fingerprint density at radius 3 is 3.20 bits per heavy atom. The maximum Gasteiger partial charge on any atom is 0.306 e. The predicted octanol–water partition coefficient (Wildman–Crippen LogP) is 0.854. The van der Waals surface area contributed by atoms with Crippen molar-refractivity contribution >= 4 is 11.8 Å². The Balaban J connectivity index is 2.04. The van der Waals surface area contributed by atoms with Crippen LogP contribution in [0.3, 0.4) is 0 Å². The molecular formula is C11H14O4. The number of esters is 1. The van der Waals surface area contributed by atoms with Crippen LogP contribution in [0.5, 0.6) is 0 Å². The fourth-order valence-electron chi connectivity index (χ4n) is 2.15. The molecule has 2 rings (SSSR count). The zero-order valence-electron chi connectivity index (χ0n) is 8.69. The van der Waals surface area contributed by atoms with Crippen LogP contribution in [-0.4, -0.2) is 31.6 Å². The summed E-state index contributed by atoms with van der Waals surface area (Å²) in [4.78, 5) is 22.3. The van der Waals surface area contributed by atoms with Gasteiger partial charge in [0.1, 0.15) is 5.78 Å². The van der Waals surface area contributed by atoms with Gasteiger partial charge in [-0.1, -0.05) is 6.08 Å². The van der Waals surface area contributed by atoms with Gasteiger partial charge in [0.05, 0.1) is 26.2 Å². The highest BCUT2D eigenvalue weighted by molar-refractivity contribution is 5.82. The fourth-order valence-corrected chi connectivity index (χ4v) is 2.15. The van der Waals surface area contributed by atoms with Crippen LogP contribution in [0, 0.1) is 5.92 Å². The van der Waals surface area contributed by atoms with E-state index in [9.17, 15) is 9.59 Å². The monoisotopic (exact) mass is 210 g/mol. The van der Waals surface area contributed by atoms with Crippen LogP contribution < -0.4 is 0 Å². The van der Waals surface area contributed by atoms with Crippen molar-refractivity contribution in [1.29, 1.82) is 0 Å². The van der Waals surface area contributed by atoms with E-state index in [4.69, 9.17) is 4.74 Å². The molecule has 1 saturated heterocycles. The van der Waals surface area contributed by atoms with E-state index in [1.165, 1.54) is 7.11 Å². The molecular weight excluding hydrogens is 196 g/mol. The number of ketones is 1. The van der Waals surface area contributed by atoms with Gasteiger partial charge in [-0.15, -0.1) is 0 Å². The van der Waals surface area contributed by atoms with E-state index in [0.717, 1.165) is 5.57 Å². The number of rotatable bonds is 2. The summed E-state index contributed by atoms with van der Waals surface area (Å²) in [5, 5.41) is 0. The van der Waals surface area contributed by atoms with Gasteiger partial charge >= 0.3 is 5.97 Å². The molecule has 4 nitrogen and oxygen atoms in total. The molecule has 0 aromatic carbocycles. The summed E-state index contributed by atoms with van der Waals surface area (Å²) in [6, 6.07) is 0. The van der Waals surface area contributed by atoms with Crippen molar-refractivity contribution in [2.75, 3.05) is 13.7 Å². The zero-order valence-corrected chi connectivity index (χ0v) is 8.69. The smallest absolute Gasteiger partial charge is 0.306 e. The van der Waals surface area contributed by atoms with Gasteiger partial charge in [-0.25, -0.2) is 0 Å². The fraction of sp³-hybridized carbons (Fsp3) is 0.636. The number of ether oxygens (including phenoxy) is 2. The highest BCUT2D eigenvalue weighted by atomic mass is 16.5. The first kappa shape index (κ1) is 10.4. The largest absolute Gasteiger partial charge is 0.469 e. The SMILES string of the molecule is COC(=O)CC1COC2CC(=O)CC=C12. The van der Waals surface area contributed by atoms with Crippen LogP contribution in [0.2, 0.25) is 0 Å². The molecule has 2 atom stereocenters. The van der Waals surface area contributed by atoms with Crippen LogP contribution in [-0.2, 0) is 19.1 Å². The van der Waals surface area contributed by atoms with Crippen molar-refractivity contribution < 1.29 is 19.1 Å². The van der Waals surface area contributed by atoms with Gasteiger partial charge in [-0.05, 0) is 5.57 Å². The summed E-state index contributed by atoms with van der Waals surface area (Å²) in [7, 11) is 1.38. The first-order valence-electron chi connectivity index (χ1n) is 5.10. The Kier molecular flexibility index (Phi) is 2.86. The van der Waals surface area contributed by atoms with Crippen molar-refractivity contribution in [1.82, 2.24) is 0 Å². The van der Waals surface area contributed by atoms with Gasteiger partial charge in [0.15, 0.2) is 0 Å². The van der Waals surface area contributed by atoms with E-state index in [1.54, 1.807) is 0 Å². The van der Waals surface area contributed by atoms with Gasteiger partial charge < -0.3 is 9.47 Å². The maximum atomic E-state index is 11.2. The second-order valence-corrected chi connectivity index (χ2v) is 3.95. The minimum Gasteiger partial charge on any atom is -0.469 e. The minimum absolute atomic E-state index is 0.0825. The molecule has 15 heavy (non-hydrogen) atoms. The second-order valence-electron chi connectivity index (χ2n) is 3.95.